The van der Waals surface area contributed by atoms with Crippen molar-refractivity contribution in [3.63, 3.8) is 0 Å². The molecule has 0 fully saturated rings. The molecule has 3 N–H and O–H groups in total. The van der Waals surface area contributed by atoms with Gasteiger partial charge in [0.25, 0.3) is 10.0 Å². The summed E-state index contributed by atoms with van der Waals surface area (Å²) in [5.74, 6) is -0.286. The van der Waals surface area contributed by atoms with Gasteiger partial charge in [0.1, 0.15) is 5.75 Å². The summed E-state index contributed by atoms with van der Waals surface area (Å²) in [5.41, 5.74) is 0.970. The predicted molar refractivity (Wildman–Crippen MR) is 111 cm³/mol. The Morgan fingerprint density at radius 1 is 1.03 bits per heavy atom. The first-order valence-corrected chi connectivity index (χ1v) is 10.3. The maximum absolute atomic E-state index is 12.6. The molecule has 2 aromatic carbocycles. The minimum absolute atomic E-state index is 0.0706. The molecule has 0 atom stereocenters. The van der Waals surface area contributed by atoms with Gasteiger partial charge in [-0.15, -0.1) is 0 Å². The number of hydrogen-bond donors (Lipinski definition) is 3. The third-order valence-corrected chi connectivity index (χ3v) is 5.15. The number of anilines is 1. The summed E-state index contributed by atoms with van der Waals surface area (Å²) in [4.78, 5) is 23.1. The van der Waals surface area contributed by atoms with Crippen LogP contribution in [0.5, 0.6) is 5.75 Å². The van der Waals surface area contributed by atoms with Gasteiger partial charge in [0, 0.05) is 12.6 Å². The topological polar surface area (TPSA) is 114 Å². The van der Waals surface area contributed by atoms with Gasteiger partial charge in [-0.3, -0.25) is 14.3 Å². The van der Waals surface area contributed by atoms with E-state index in [-0.39, 0.29) is 17.3 Å². The first-order chi connectivity index (χ1) is 13.9. The van der Waals surface area contributed by atoms with Crippen LogP contribution in [0.2, 0.25) is 0 Å². The van der Waals surface area contributed by atoms with Gasteiger partial charge in [-0.1, -0.05) is 24.3 Å². The average Bonchev–Trinajstić information content (AvgIpc) is 2.71. The molecule has 0 spiro atoms. The van der Waals surface area contributed by atoms with Crippen LogP contribution in [0.1, 0.15) is 12.5 Å². The number of likely N-dealkylation sites (N-methyl/N-ethyl adjacent to an activating group) is 1. The maximum atomic E-state index is 12.6. The number of carbonyl (C=O) groups excluding carboxylic acids is 2. The van der Waals surface area contributed by atoms with Crippen LogP contribution in [0.4, 0.5) is 5.69 Å². The van der Waals surface area contributed by atoms with Crippen LogP contribution < -0.4 is 20.1 Å². The van der Waals surface area contributed by atoms with Crippen LogP contribution in [-0.2, 0) is 19.6 Å². The lowest BCUT2D eigenvalue weighted by Gasteiger charge is -2.11. The Balaban J connectivity index is 2.01. The van der Waals surface area contributed by atoms with Crippen LogP contribution in [0, 0.1) is 0 Å². The fourth-order valence-corrected chi connectivity index (χ4v) is 3.42. The molecule has 0 unspecified atom stereocenters. The van der Waals surface area contributed by atoms with E-state index in [1.807, 2.05) is 0 Å². The molecule has 0 aliphatic heterocycles. The smallest absolute Gasteiger partial charge is 0.262 e. The summed E-state index contributed by atoms with van der Waals surface area (Å²) in [5, 5.41) is 5.03. The standard InChI is InChI=1S/C20H23N3O5S/c1-3-21-20(25)14-22-19(24)13-10-15-8-11-16(12-9-15)29(26,27)23-17-6-4-5-7-18(17)28-2/h4-13,23H,3,14H2,1-2H3,(H,21,25)(H,22,24)/b13-10+. The number of amides is 2. The third-order valence-electron chi connectivity index (χ3n) is 3.77. The summed E-state index contributed by atoms with van der Waals surface area (Å²) in [6.07, 6.45) is 2.80. The number of sulfonamides is 1. The maximum Gasteiger partial charge on any atom is 0.262 e. The quantitative estimate of drug-likeness (QED) is 0.538. The lowest BCUT2D eigenvalue weighted by molar-refractivity contribution is -0.123. The predicted octanol–water partition coefficient (Wildman–Crippen LogP) is 1.76. The molecule has 0 heterocycles. The molecule has 0 aliphatic rings. The molecule has 0 radical (unpaired) electrons. The Morgan fingerprint density at radius 3 is 2.38 bits per heavy atom. The van der Waals surface area contributed by atoms with Gasteiger partial charge in [0.2, 0.25) is 11.8 Å². The Hall–Kier alpha value is -3.33. The van der Waals surface area contributed by atoms with Crippen LogP contribution in [0.25, 0.3) is 6.08 Å². The fourth-order valence-electron chi connectivity index (χ4n) is 2.35. The van der Waals surface area contributed by atoms with Crippen molar-refractivity contribution in [2.24, 2.45) is 0 Å². The number of carbonyl (C=O) groups is 2. The molecule has 2 aromatic rings. The van der Waals surface area contributed by atoms with Crippen molar-refractivity contribution < 1.29 is 22.7 Å². The van der Waals surface area contributed by atoms with E-state index in [1.54, 1.807) is 43.3 Å². The van der Waals surface area contributed by atoms with E-state index in [0.29, 0.717) is 23.5 Å². The fraction of sp³-hybridized carbons (Fsp3) is 0.200. The van der Waals surface area contributed by atoms with Gasteiger partial charge in [-0.25, -0.2) is 8.42 Å². The second-order valence-corrected chi connectivity index (χ2v) is 7.56. The Bertz CT molecular complexity index is 985. The molecule has 8 nitrogen and oxygen atoms in total. The van der Waals surface area contributed by atoms with Crippen molar-refractivity contribution in [1.82, 2.24) is 10.6 Å². The number of rotatable bonds is 9. The zero-order valence-corrected chi connectivity index (χ0v) is 17.0. The molecule has 0 aliphatic carbocycles. The highest BCUT2D eigenvalue weighted by Gasteiger charge is 2.16. The van der Waals surface area contributed by atoms with E-state index in [9.17, 15) is 18.0 Å². The van der Waals surface area contributed by atoms with Gasteiger partial charge in [0.05, 0.1) is 24.2 Å². The summed E-state index contributed by atoms with van der Waals surface area (Å²) in [7, 11) is -2.34. The molecule has 2 amide bonds. The summed E-state index contributed by atoms with van der Waals surface area (Å²) in [6, 6.07) is 12.7. The molecule has 9 heteroatoms. The van der Waals surface area contributed by atoms with Crippen molar-refractivity contribution in [1.29, 1.82) is 0 Å². The number of hydrogen-bond acceptors (Lipinski definition) is 5. The highest BCUT2D eigenvalue weighted by Crippen LogP contribution is 2.26. The minimum atomic E-state index is -3.80. The van der Waals surface area contributed by atoms with Gasteiger partial charge < -0.3 is 15.4 Å². The lowest BCUT2D eigenvalue weighted by Crippen LogP contribution is -2.35. The second-order valence-electron chi connectivity index (χ2n) is 5.88. The van der Waals surface area contributed by atoms with Gasteiger partial charge in [0.15, 0.2) is 0 Å². The van der Waals surface area contributed by atoms with E-state index in [1.165, 1.54) is 31.4 Å². The minimum Gasteiger partial charge on any atom is -0.495 e. The van der Waals surface area contributed by atoms with Crippen molar-refractivity contribution >= 4 is 33.6 Å². The van der Waals surface area contributed by atoms with Crippen LogP contribution in [0.15, 0.2) is 59.5 Å². The summed E-state index contributed by atoms with van der Waals surface area (Å²) < 4.78 is 32.8. The summed E-state index contributed by atoms with van der Waals surface area (Å²) >= 11 is 0. The molecule has 29 heavy (non-hydrogen) atoms. The van der Waals surface area contributed by atoms with Crippen molar-refractivity contribution in [3.8, 4) is 5.75 Å². The normalized spacial score (nSPS) is 11.1. The SMILES string of the molecule is CCNC(=O)CNC(=O)/C=C/c1ccc(S(=O)(=O)Nc2ccccc2OC)cc1. The van der Waals surface area contributed by atoms with Gasteiger partial charge in [-0.05, 0) is 42.8 Å². The molecule has 0 saturated heterocycles. The van der Waals surface area contributed by atoms with E-state index >= 15 is 0 Å². The van der Waals surface area contributed by atoms with Gasteiger partial charge >= 0.3 is 0 Å². The second kappa shape index (κ2) is 10.3. The number of para-hydroxylation sites is 2. The van der Waals surface area contributed by atoms with Crippen molar-refractivity contribution in [3.05, 3.63) is 60.2 Å². The molecule has 2 rings (SSSR count). The zero-order chi connectivity index (χ0) is 21.3. The molecular formula is C20H23N3O5S. The molecule has 0 bridgehead atoms. The van der Waals surface area contributed by atoms with Crippen LogP contribution in [0.3, 0.4) is 0 Å². The first kappa shape index (κ1) is 22.0. The third kappa shape index (κ3) is 6.65. The molecular weight excluding hydrogens is 394 g/mol. The number of methoxy groups -OCH3 is 1. The lowest BCUT2D eigenvalue weighted by atomic mass is 10.2. The zero-order valence-electron chi connectivity index (χ0n) is 16.1. The first-order valence-electron chi connectivity index (χ1n) is 8.84. The van der Waals surface area contributed by atoms with Gasteiger partial charge in [-0.2, -0.15) is 0 Å². The van der Waals surface area contributed by atoms with Crippen LogP contribution >= 0.6 is 0 Å². The Morgan fingerprint density at radius 2 is 1.72 bits per heavy atom. The molecule has 0 aromatic heterocycles. The molecule has 154 valence electrons. The van der Waals surface area contributed by atoms with Crippen LogP contribution in [-0.4, -0.2) is 40.4 Å². The molecule has 0 saturated carbocycles. The average molecular weight is 417 g/mol. The van der Waals surface area contributed by atoms with Crippen molar-refractivity contribution in [2.45, 2.75) is 11.8 Å². The Kier molecular flexibility index (Phi) is 7.79. The number of benzene rings is 2. The Labute approximate surface area is 170 Å². The highest BCUT2D eigenvalue weighted by atomic mass is 32.2. The van der Waals surface area contributed by atoms with Crippen molar-refractivity contribution in [2.75, 3.05) is 24.9 Å². The van der Waals surface area contributed by atoms with E-state index < -0.39 is 15.9 Å². The number of nitrogens with one attached hydrogen (secondary N) is 3. The number of ether oxygens (including phenoxy) is 1. The largest absolute Gasteiger partial charge is 0.495 e. The summed E-state index contributed by atoms with van der Waals surface area (Å²) in [6.45, 7) is 2.17. The van der Waals surface area contributed by atoms with E-state index in [4.69, 9.17) is 4.74 Å². The highest BCUT2D eigenvalue weighted by molar-refractivity contribution is 7.92. The van der Waals surface area contributed by atoms with E-state index in [2.05, 4.69) is 15.4 Å². The monoisotopic (exact) mass is 417 g/mol. The van der Waals surface area contributed by atoms with E-state index in [0.717, 1.165) is 0 Å².